The van der Waals surface area contributed by atoms with E-state index in [0.717, 1.165) is 19.3 Å². The Balaban J connectivity index is 3.45. The molecule has 0 amide bonds. The molecule has 0 heterocycles. The Labute approximate surface area is 191 Å². The molecule has 0 fully saturated rings. The number of unbranched alkanes of at least 4 members (excludes halogenated alkanes) is 15. The first kappa shape index (κ1) is 29.4. The number of hydrogen-bond donors (Lipinski definition) is 1. The molecule has 0 saturated heterocycles. The Morgan fingerprint density at radius 2 is 1.26 bits per heavy atom. The Hall–Kier alpha value is -1.58. The lowest BCUT2D eigenvalue weighted by atomic mass is 9.97. The highest BCUT2D eigenvalue weighted by Crippen LogP contribution is 2.18. The van der Waals surface area contributed by atoms with Crippen LogP contribution in [0.3, 0.4) is 0 Å². The van der Waals surface area contributed by atoms with Crippen molar-refractivity contribution in [3.05, 3.63) is 24.8 Å². The normalized spacial score (nSPS) is 12.2. The fraction of sp³-hybridized carbons (Fsp3) is 0.778. The van der Waals surface area contributed by atoms with Crippen LogP contribution in [0, 0.1) is 5.92 Å². The molecule has 0 spiro atoms. The van der Waals surface area contributed by atoms with Crippen LogP contribution in [0.15, 0.2) is 24.8 Å². The van der Waals surface area contributed by atoms with Crippen molar-refractivity contribution in [1.82, 2.24) is 0 Å². The van der Waals surface area contributed by atoms with Crippen molar-refractivity contribution < 1.29 is 19.4 Å². The number of ether oxygens (including phenoxy) is 1. The molecule has 4 nitrogen and oxygen atoms in total. The average Bonchev–Trinajstić information content (AvgIpc) is 2.75. The fourth-order valence-electron chi connectivity index (χ4n) is 3.89. The van der Waals surface area contributed by atoms with Crippen LogP contribution in [0.4, 0.5) is 0 Å². The number of carbonyl (C=O) groups excluding carboxylic acids is 1. The predicted molar refractivity (Wildman–Crippen MR) is 130 cm³/mol. The van der Waals surface area contributed by atoms with Gasteiger partial charge in [0.05, 0.1) is 12.3 Å². The summed E-state index contributed by atoms with van der Waals surface area (Å²) in [5.74, 6) is -1.89. The molecule has 0 aromatic rings. The fourth-order valence-corrected chi connectivity index (χ4v) is 3.89. The van der Waals surface area contributed by atoms with Gasteiger partial charge in [-0.3, -0.25) is 9.59 Å². The van der Waals surface area contributed by atoms with Crippen molar-refractivity contribution in [1.29, 1.82) is 0 Å². The molecule has 0 saturated carbocycles. The summed E-state index contributed by atoms with van der Waals surface area (Å²) < 4.78 is 5.02. The van der Waals surface area contributed by atoms with E-state index in [2.05, 4.69) is 25.7 Å². The first-order valence-corrected chi connectivity index (χ1v) is 12.7. The maximum Gasteiger partial charge on any atom is 0.309 e. The molecule has 0 aromatic heterocycles. The third-order valence-electron chi connectivity index (χ3n) is 5.76. The smallest absolute Gasteiger partial charge is 0.309 e. The topological polar surface area (TPSA) is 63.6 Å². The lowest BCUT2D eigenvalue weighted by Gasteiger charge is -2.13. The number of aliphatic carboxylic acids is 1. The lowest BCUT2D eigenvalue weighted by molar-refractivity contribution is -0.152. The Morgan fingerprint density at radius 3 is 1.68 bits per heavy atom. The van der Waals surface area contributed by atoms with Gasteiger partial charge in [-0.15, -0.1) is 0 Å². The molecular formula is C27H48O4. The van der Waals surface area contributed by atoms with E-state index in [1.807, 2.05) is 0 Å². The second-order valence-electron chi connectivity index (χ2n) is 8.66. The molecular weight excluding hydrogens is 388 g/mol. The molecule has 1 atom stereocenters. The zero-order chi connectivity index (χ0) is 23.0. The van der Waals surface area contributed by atoms with E-state index in [0.29, 0.717) is 6.42 Å². The van der Waals surface area contributed by atoms with Crippen molar-refractivity contribution in [3.8, 4) is 0 Å². The average molecular weight is 437 g/mol. The third kappa shape index (κ3) is 21.4. The third-order valence-corrected chi connectivity index (χ3v) is 5.76. The number of allylic oxidation sites excluding steroid dienone is 2. The van der Waals surface area contributed by atoms with Gasteiger partial charge in [0.15, 0.2) is 0 Å². The van der Waals surface area contributed by atoms with Crippen molar-refractivity contribution >= 4 is 11.9 Å². The Kier molecular flexibility index (Phi) is 21.9. The largest absolute Gasteiger partial charge is 0.481 e. The molecule has 0 radical (unpaired) electrons. The van der Waals surface area contributed by atoms with E-state index in [4.69, 9.17) is 9.84 Å². The van der Waals surface area contributed by atoms with Crippen molar-refractivity contribution in [3.63, 3.8) is 0 Å². The summed E-state index contributed by atoms with van der Waals surface area (Å²) in [4.78, 5) is 22.9. The van der Waals surface area contributed by atoms with Crippen LogP contribution < -0.4 is 0 Å². The minimum Gasteiger partial charge on any atom is -0.481 e. The van der Waals surface area contributed by atoms with Gasteiger partial charge < -0.3 is 9.84 Å². The zero-order valence-electron chi connectivity index (χ0n) is 20.1. The monoisotopic (exact) mass is 436 g/mol. The van der Waals surface area contributed by atoms with Crippen LogP contribution >= 0.6 is 0 Å². The van der Waals surface area contributed by atoms with E-state index in [9.17, 15) is 9.59 Å². The standard InChI is InChI=1S/C27H48O4/c1-3-5-6-7-8-9-10-11-12-13-14-15-16-17-18-19-20-21-22-25(24-26(28)29)27(30)31-23-4-2/h3-5,25H,2,6-24H2,1H3,(H,28,29)/b5-3+. The molecule has 0 aliphatic heterocycles. The van der Waals surface area contributed by atoms with Crippen LogP contribution in [0.2, 0.25) is 0 Å². The number of carbonyl (C=O) groups is 2. The molecule has 31 heavy (non-hydrogen) atoms. The predicted octanol–water partition coefficient (Wildman–Crippen LogP) is 8.01. The lowest BCUT2D eigenvalue weighted by Crippen LogP contribution is -2.21. The van der Waals surface area contributed by atoms with E-state index < -0.39 is 17.9 Å². The second-order valence-corrected chi connectivity index (χ2v) is 8.66. The molecule has 180 valence electrons. The zero-order valence-corrected chi connectivity index (χ0v) is 20.1. The number of hydrogen-bond acceptors (Lipinski definition) is 3. The van der Waals surface area contributed by atoms with Crippen molar-refractivity contribution in [2.45, 2.75) is 122 Å². The van der Waals surface area contributed by atoms with Gasteiger partial charge in [-0.05, 0) is 26.2 Å². The van der Waals surface area contributed by atoms with Crippen LogP contribution in [-0.2, 0) is 14.3 Å². The van der Waals surface area contributed by atoms with Gasteiger partial charge in [0, 0.05) is 0 Å². The van der Waals surface area contributed by atoms with Crippen LogP contribution in [0.1, 0.15) is 122 Å². The Bertz CT molecular complexity index is 470. The van der Waals surface area contributed by atoms with Gasteiger partial charge >= 0.3 is 11.9 Å². The van der Waals surface area contributed by atoms with Crippen LogP contribution in [0.25, 0.3) is 0 Å². The summed E-state index contributed by atoms with van der Waals surface area (Å²) in [5, 5.41) is 8.98. The summed E-state index contributed by atoms with van der Waals surface area (Å²) in [6.45, 7) is 5.75. The summed E-state index contributed by atoms with van der Waals surface area (Å²) in [7, 11) is 0. The molecule has 0 bridgehead atoms. The van der Waals surface area contributed by atoms with Gasteiger partial charge in [-0.1, -0.05) is 115 Å². The van der Waals surface area contributed by atoms with Gasteiger partial charge in [0.1, 0.15) is 6.61 Å². The van der Waals surface area contributed by atoms with Gasteiger partial charge in [0.2, 0.25) is 0 Å². The highest BCUT2D eigenvalue weighted by atomic mass is 16.5. The number of carboxylic acid groups (broad SMARTS) is 1. The minimum atomic E-state index is -0.944. The van der Waals surface area contributed by atoms with Crippen molar-refractivity contribution in [2.24, 2.45) is 5.92 Å². The van der Waals surface area contributed by atoms with Crippen LogP contribution in [-0.4, -0.2) is 23.7 Å². The summed E-state index contributed by atoms with van der Waals surface area (Å²) in [6.07, 6.45) is 26.9. The Morgan fingerprint density at radius 1 is 0.806 bits per heavy atom. The van der Waals surface area contributed by atoms with E-state index in [-0.39, 0.29) is 13.0 Å². The van der Waals surface area contributed by atoms with Crippen LogP contribution in [0.5, 0.6) is 0 Å². The first-order chi connectivity index (χ1) is 15.1. The molecule has 0 aliphatic rings. The van der Waals surface area contributed by atoms with E-state index >= 15 is 0 Å². The molecule has 0 aromatic carbocycles. The van der Waals surface area contributed by atoms with Gasteiger partial charge in [-0.25, -0.2) is 0 Å². The molecule has 1 unspecified atom stereocenters. The van der Waals surface area contributed by atoms with Gasteiger partial charge in [0.25, 0.3) is 0 Å². The van der Waals surface area contributed by atoms with E-state index in [1.165, 1.54) is 89.5 Å². The SMILES string of the molecule is C=CCOC(=O)C(CCCCCCCCCCCCCCCCC/C=C/C)CC(=O)O. The molecule has 0 rings (SSSR count). The number of rotatable bonds is 23. The maximum atomic E-state index is 11.9. The molecule has 1 N–H and O–H groups in total. The molecule has 4 heteroatoms. The highest BCUT2D eigenvalue weighted by Gasteiger charge is 2.22. The summed E-state index contributed by atoms with van der Waals surface area (Å²) >= 11 is 0. The van der Waals surface area contributed by atoms with E-state index in [1.54, 1.807) is 0 Å². The summed E-state index contributed by atoms with van der Waals surface area (Å²) in [5.41, 5.74) is 0. The number of carboxylic acids is 1. The highest BCUT2D eigenvalue weighted by molar-refractivity contribution is 5.79. The van der Waals surface area contributed by atoms with Gasteiger partial charge in [-0.2, -0.15) is 0 Å². The quantitative estimate of drug-likeness (QED) is 0.100. The molecule has 0 aliphatic carbocycles. The number of esters is 1. The summed E-state index contributed by atoms with van der Waals surface area (Å²) in [6, 6.07) is 0. The van der Waals surface area contributed by atoms with Crippen molar-refractivity contribution in [2.75, 3.05) is 6.61 Å². The second kappa shape index (κ2) is 23.1. The maximum absolute atomic E-state index is 11.9. The first-order valence-electron chi connectivity index (χ1n) is 12.7. The minimum absolute atomic E-state index is 0.145.